The van der Waals surface area contributed by atoms with Gasteiger partial charge in [-0.25, -0.2) is 9.97 Å². The number of hydrogen-bond acceptors (Lipinski definition) is 6. The highest BCUT2D eigenvalue weighted by Crippen LogP contribution is 2.18. The molecule has 0 aliphatic heterocycles. The van der Waals surface area contributed by atoms with E-state index in [4.69, 9.17) is 9.47 Å². The summed E-state index contributed by atoms with van der Waals surface area (Å²) in [6.07, 6.45) is 4.21. The fourth-order valence-electron chi connectivity index (χ4n) is 2.72. The minimum Gasteiger partial charge on any atom is -0.478 e. The lowest BCUT2D eigenvalue weighted by atomic mass is 10.2. The van der Waals surface area contributed by atoms with E-state index in [1.807, 2.05) is 72.8 Å². The molecule has 4 rings (SSSR count). The van der Waals surface area contributed by atoms with Crippen LogP contribution in [0, 0.1) is 0 Å². The molecule has 0 N–H and O–H groups in total. The van der Waals surface area contributed by atoms with Crippen molar-refractivity contribution in [3.8, 4) is 34.5 Å². The van der Waals surface area contributed by atoms with Crippen LogP contribution in [-0.4, -0.2) is 33.1 Å². The van der Waals surface area contributed by atoms with E-state index in [1.165, 1.54) is 0 Å². The molecule has 0 aromatic carbocycles. The Labute approximate surface area is 169 Å². The smallest absolute Gasteiger partial charge is 0.213 e. The summed E-state index contributed by atoms with van der Waals surface area (Å²) < 4.78 is 11.5. The quantitative estimate of drug-likeness (QED) is 0.418. The van der Waals surface area contributed by atoms with Crippen molar-refractivity contribution >= 4 is 0 Å². The standard InChI is InChI=1S/C23H20N4O2/c1-3-14-24-18(8-1)20-10-5-12-22(26-20)28-16-7-17-29-23-13-6-11-21(27-23)19-9-2-4-15-25-19/h1-6,8-15H,7,16-17H2. The van der Waals surface area contributed by atoms with Crippen molar-refractivity contribution < 1.29 is 9.47 Å². The zero-order valence-electron chi connectivity index (χ0n) is 15.8. The summed E-state index contributed by atoms with van der Waals surface area (Å²) in [5, 5.41) is 0. The van der Waals surface area contributed by atoms with Crippen LogP contribution in [0.2, 0.25) is 0 Å². The molecule has 6 heteroatoms. The molecule has 0 aliphatic rings. The lowest BCUT2D eigenvalue weighted by Crippen LogP contribution is -2.06. The van der Waals surface area contributed by atoms with E-state index in [2.05, 4.69) is 19.9 Å². The molecule has 0 saturated carbocycles. The van der Waals surface area contributed by atoms with E-state index in [0.29, 0.717) is 31.4 Å². The van der Waals surface area contributed by atoms with Gasteiger partial charge >= 0.3 is 0 Å². The Morgan fingerprint density at radius 3 is 1.45 bits per heavy atom. The number of ether oxygens (including phenoxy) is 2. The summed E-state index contributed by atoms with van der Waals surface area (Å²) in [7, 11) is 0. The second-order valence-corrected chi connectivity index (χ2v) is 6.20. The summed E-state index contributed by atoms with van der Waals surface area (Å²) in [6, 6.07) is 22.8. The maximum absolute atomic E-state index is 5.75. The third-order valence-corrected chi connectivity index (χ3v) is 4.09. The fourth-order valence-corrected chi connectivity index (χ4v) is 2.72. The van der Waals surface area contributed by atoms with Gasteiger partial charge in [0.15, 0.2) is 0 Å². The first kappa shape index (κ1) is 18.6. The molecule has 4 aromatic heterocycles. The van der Waals surface area contributed by atoms with Crippen LogP contribution in [0.3, 0.4) is 0 Å². The third kappa shape index (κ3) is 5.13. The first-order valence-electron chi connectivity index (χ1n) is 9.41. The summed E-state index contributed by atoms with van der Waals surface area (Å²) >= 11 is 0. The van der Waals surface area contributed by atoms with E-state index in [1.54, 1.807) is 12.4 Å². The minimum absolute atomic E-state index is 0.499. The summed E-state index contributed by atoms with van der Waals surface area (Å²) in [5.41, 5.74) is 3.21. The Bertz CT molecular complexity index is 958. The van der Waals surface area contributed by atoms with Gasteiger partial charge in [0.05, 0.1) is 36.0 Å². The largest absolute Gasteiger partial charge is 0.478 e. The molecule has 0 saturated heterocycles. The third-order valence-electron chi connectivity index (χ3n) is 4.09. The van der Waals surface area contributed by atoms with Crippen LogP contribution in [0.25, 0.3) is 22.8 Å². The van der Waals surface area contributed by atoms with Crippen molar-refractivity contribution in [3.63, 3.8) is 0 Å². The van der Waals surface area contributed by atoms with Crippen LogP contribution in [0.15, 0.2) is 85.2 Å². The van der Waals surface area contributed by atoms with Gasteiger partial charge in [-0.1, -0.05) is 24.3 Å². The van der Waals surface area contributed by atoms with Gasteiger partial charge in [-0.3, -0.25) is 9.97 Å². The molecule has 0 amide bonds. The van der Waals surface area contributed by atoms with Crippen LogP contribution in [0.1, 0.15) is 6.42 Å². The predicted octanol–water partition coefficient (Wildman–Crippen LogP) is 4.45. The SMILES string of the molecule is c1ccc(-c2cccc(OCCCOc3cccc(-c4ccccn4)n3)n2)nc1. The Balaban J connectivity index is 1.27. The van der Waals surface area contributed by atoms with E-state index in [0.717, 1.165) is 22.8 Å². The van der Waals surface area contributed by atoms with E-state index in [-0.39, 0.29) is 0 Å². The Kier molecular flexibility index (Phi) is 6.02. The number of rotatable bonds is 8. The molecule has 29 heavy (non-hydrogen) atoms. The number of aromatic nitrogens is 4. The molecule has 6 nitrogen and oxygen atoms in total. The van der Waals surface area contributed by atoms with Gasteiger partial charge in [-0.05, 0) is 36.4 Å². The molecule has 0 aliphatic carbocycles. The average Bonchev–Trinajstić information content (AvgIpc) is 2.80. The number of hydrogen-bond donors (Lipinski definition) is 0. The van der Waals surface area contributed by atoms with Crippen LogP contribution in [-0.2, 0) is 0 Å². The normalized spacial score (nSPS) is 10.5. The highest BCUT2D eigenvalue weighted by atomic mass is 16.5. The second-order valence-electron chi connectivity index (χ2n) is 6.20. The second kappa shape index (κ2) is 9.41. The van der Waals surface area contributed by atoms with Gasteiger partial charge in [0.25, 0.3) is 0 Å². The Morgan fingerprint density at radius 2 is 1.00 bits per heavy atom. The molecular weight excluding hydrogens is 364 g/mol. The van der Waals surface area contributed by atoms with Gasteiger partial charge in [-0.2, -0.15) is 0 Å². The molecule has 0 unspecified atom stereocenters. The lowest BCUT2D eigenvalue weighted by Gasteiger charge is -2.09. The maximum Gasteiger partial charge on any atom is 0.213 e. The maximum atomic E-state index is 5.75. The van der Waals surface area contributed by atoms with Crippen molar-refractivity contribution in [3.05, 3.63) is 85.2 Å². The molecule has 0 atom stereocenters. The fraction of sp³-hybridized carbons (Fsp3) is 0.130. The van der Waals surface area contributed by atoms with Gasteiger partial charge in [0.1, 0.15) is 0 Å². The molecule has 0 bridgehead atoms. The molecule has 4 aromatic rings. The van der Waals surface area contributed by atoms with Gasteiger partial charge in [0, 0.05) is 30.9 Å². The van der Waals surface area contributed by atoms with Crippen molar-refractivity contribution in [2.45, 2.75) is 6.42 Å². The van der Waals surface area contributed by atoms with Crippen molar-refractivity contribution in [1.82, 2.24) is 19.9 Å². The van der Waals surface area contributed by atoms with Gasteiger partial charge in [-0.15, -0.1) is 0 Å². The molecule has 0 radical (unpaired) electrons. The molecule has 144 valence electrons. The van der Waals surface area contributed by atoms with Crippen molar-refractivity contribution in [1.29, 1.82) is 0 Å². The van der Waals surface area contributed by atoms with E-state index < -0.39 is 0 Å². The topological polar surface area (TPSA) is 70.0 Å². The number of nitrogens with zero attached hydrogens (tertiary/aromatic N) is 4. The lowest BCUT2D eigenvalue weighted by molar-refractivity contribution is 0.238. The summed E-state index contributed by atoms with van der Waals surface area (Å²) in [6.45, 7) is 0.997. The Morgan fingerprint density at radius 1 is 0.517 bits per heavy atom. The highest BCUT2D eigenvalue weighted by Gasteiger charge is 2.04. The van der Waals surface area contributed by atoms with Gasteiger partial charge < -0.3 is 9.47 Å². The highest BCUT2D eigenvalue weighted by molar-refractivity contribution is 5.54. The zero-order chi connectivity index (χ0) is 19.7. The average molecular weight is 384 g/mol. The van der Waals surface area contributed by atoms with E-state index >= 15 is 0 Å². The minimum atomic E-state index is 0.499. The number of pyridine rings is 4. The first-order valence-corrected chi connectivity index (χ1v) is 9.41. The molecule has 4 heterocycles. The van der Waals surface area contributed by atoms with Crippen LogP contribution in [0.4, 0.5) is 0 Å². The zero-order valence-corrected chi connectivity index (χ0v) is 15.8. The van der Waals surface area contributed by atoms with Crippen LogP contribution in [0.5, 0.6) is 11.8 Å². The van der Waals surface area contributed by atoms with E-state index in [9.17, 15) is 0 Å². The van der Waals surface area contributed by atoms with Crippen molar-refractivity contribution in [2.75, 3.05) is 13.2 Å². The monoisotopic (exact) mass is 384 g/mol. The summed E-state index contributed by atoms with van der Waals surface area (Å²) in [5.74, 6) is 1.15. The van der Waals surface area contributed by atoms with Crippen molar-refractivity contribution in [2.24, 2.45) is 0 Å². The van der Waals surface area contributed by atoms with Gasteiger partial charge in [0.2, 0.25) is 11.8 Å². The Hall–Kier alpha value is -3.80. The molecule has 0 spiro atoms. The van der Waals surface area contributed by atoms with Crippen LogP contribution >= 0.6 is 0 Å². The molecule has 0 fully saturated rings. The first-order chi connectivity index (χ1) is 14.4. The molecular formula is C23H20N4O2. The van der Waals surface area contributed by atoms with Crippen LogP contribution < -0.4 is 9.47 Å². The predicted molar refractivity (Wildman–Crippen MR) is 111 cm³/mol. The summed E-state index contributed by atoms with van der Waals surface area (Å²) in [4.78, 5) is 17.6.